The Labute approximate surface area is 108 Å². The van der Waals surface area contributed by atoms with Gasteiger partial charge in [-0.15, -0.1) is 0 Å². The summed E-state index contributed by atoms with van der Waals surface area (Å²) in [6, 6.07) is 5.80. The number of phenols is 1. The van der Waals surface area contributed by atoms with Gasteiger partial charge in [-0.25, -0.2) is 8.42 Å². The lowest BCUT2D eigenvalue weighted by molar-refractivity contribution is 0.204. The Morgan fingerprint density at radius 2 is 1.61 bits per heavy atom. The molecule has 1 N–H and O–H groups in total. The summed E-state index contributed by atoms with van der Waals surface area (Å²) in [7, 11) is -3.45. The fourth-order valence-corrected chi connectivity index (χ4v) is 4.49. The van der Waals surface area contributed by atoms with Crippen molar-refractivity contribution in [1.29, 1.82) is 0 Å². The molecule has 0 radical (unpaired) electrons. The minimum atomic E-state index is -3.45. The maximum absolute atomic E-state index is 12.6. The highest BCUT2D eigenvalue weighted by atomic mass is 32.2. The molecule has 5 heteroatoms. The van der Waals surface area contributed by atoms with Crippen molar-refractivity contribution in [2.45, 2.75) is 50.1 Å². The third-order valence-electron chi connectivity index (χ3n) is 3.52. The van der Waals surface area contributed by atoms with Crippen LogP contribution < -0.4 is 0 Å². The van der Waals surface area contributed by atoms with Crippen LogP contribution in [0.25, 0.3) is 0 Å². The summed E-state index contributed by atoms with van der Waals surface area (Å²) < 4.78 is 26.7. The highest BCUT2D eigenvalue weighted by Gasteiger charge is 2.35. The number of benzene rings is 1. The first-order valence-corrected chi connectivity index (χ1v) is 7.69. The van der Waals surface area contributed by atoms with Gasteiger partial charge in [-0.2, -0.15) is 4.31 Å². The monoisotopic (exact) mass is 269 g/mol. The smallest absolute Gasteiger partial charge is 0.243 e. The maximum Gasteiger partial charge on any atom is 0.243 e. The van der Waals surface area contributed by atoms with E-state index in [2.05, 4.69) is 0 Å². The summed E-state index contributed by atoms with van der Waals surface area (Å²) in [5.41, 5.74) is 0. The standard InChI is InChI=1S/C13H19NO3S/c1-10-4-3-5-11(2)14(10)18(16,17)13-8-6-12(15)7-9-13/h6-11,15H,3-5H2,1-2H3. The van der Waals surface area contributed by atoms with Crippen LogP contribution in [0.3, 0.4) is 0 Å². The zero-order valence-electron chi connectivity index (χ0n) is 10.7. The van der Waals surface area contributed by atoms with Crippen molar-refractivity contribution in [3.05, 3.63) is 24.3 Å². The first kappa shape index (κ1) is 13.4. The molecule has 0 bridgehead atoms. The fourth-order valence-electron chi connectivity index (χ4n) is 2.61. The maximum atomic E-state index is 12.6. The predicted molar refractivity (Wildman–Crippen MR) is 69.9 cm³/mol. The number of aromatic hydroxyl groups is 1. The molecule has 1 heterocycles. The van der Waals surface area contributed by atoms with Gasteiger partial charge in [-0.05, 0) is 51.0 Å². The van der Waals surface area contributed by atoms with E-state index in [1.165, 1.54) is 24.3 Å². The summed E-state index contributed by atoms with van der Waals surface area (Å²) in [4.78, 5) is 0.251. The molecule has 0 amide bonds. The molecule has 2 rings (SSSR count). The molecule has 2 unspecified atom stereocenters. The van der Waals surface area contributed by atoms with E-state index in [1.807, 2.05) is 13.8 Å². The number of rotatable bonds is 2. The molecule has 2 atom stereocenters. The van der Waals surface area contributed by atoms with Crippen LogP contribution in [-0.2, 0) is 10.0 Å². The molecule has 0 aliphatic carbocycles. The lowest BCUT2D eigenvalue weighted by atomic mass is 10.0. The van der Waals surface area contributed by atoms with Gasteiger partial charge in [0.15, 0.2) is 0 Å². The van der Waals surface area contributed by atoms with Crippen molar-refractivity contribution in [1.82, 2.24) is 4.31 Å². The average molecular weight is 269 g/mol. The van der Waals surface area contributed by atoms with Gasteiger partial charge < -0.3 is 5.11 Å². The molecule has 100 valence electrons. The molecular formula is C13H19NO3S. The van der Waals surface area contributed by atoms with Crippen molar-refractivity contribution >= 4 is 10.0 Å². The Hall–Kier alpha value is -1.07. The summed E-state index contributed by atoms with van der Waals surface area (Å²) >= 11 is 0. The molecule has 1 aliphatic heterocycles. The van der Waals surface area contributed by atoms with Gasteiger partial charge in [0, 0.05) is 12.1 Å². The van der Waals surface area contributed by atoms with Gasteiger partial charge in [-0.1, -0.05) is 6.42 Å². The van der Waals surface area contributed by atoms with Crippen LogP contribution in [0.15, 0.2) is 29.2 Å². The Bertz CT molecular complexity index is 500. The Balaban J connectivity index is 2.38. The highest BCUT2D eigenvalue weighted by Crippen LogP contribution is 2.29. The summed E-state index contributed by atoms with van der Waals surface area (Å²) in [6.45, 7) is 3.90. The van der Waals surface area contributed by atoms with Crippen molar-refractivity contribution in [3.63, 3.8) is 0 Å². The predicted octanol–water partition coefficient (Wildman–Crippen LogP) is 2.34. The molecule has 0 aromatic heterocycles. The summed E-state index contributed by atoms with van der Waals surface area (Å²) in [5, 5.41) is 9.23. The molecule has 1 aromatic carbocycles. The van der Waals surface area contributed by atoms with E-state index >= 15 is 0 Å². The van der Waals surface area contributed by atoms with E-state index in [4.69, 9.17) is 0 Å². The van der Waals surface area contributed by atoms with E-state index in [-0.39, 0.29) is 22.7 Å². The summed E-state index contributed by atoms with van der Waals surface area (Å²) in [6.07, 6.45) is 2.88. The van der Waals surface area contributed by atoms with Crippen LogP contribution in [0, 0.1) is 0 Å². The first-order chi connectivity index (χ1) is 8.43. The zero-order chi connectivity index (χ0) is 13.3. The first-order valence-electron chi connectivity index (χ1n) is 6.25. The largest absolute Gasteiger partial charge is 0.508 e. The van der Waals surface area contributed by atoms with Crippen LogP contribution in [0.5, 0.6) is 5.75 Å². The Morgan fingerprint density at radius 1 is 1.11 bits per heavy atom. The van der Waals surface area contributed by atoms with Crippen LogP contribution in [0.4, 0.5) is 0 Å². The second kappa shape index (κ2) is 4.90. The van der Waals surface area contributed by atoms with Crippen molar-refractivity contribution < 1.29 is 13.5 Å². The van der Waals surface area contributed by atoms with E-state index in [9.17, 15) is 13.5 Å². The Morgan fingerprint density at radius 3 is 2.11 bits per heavy atom. The minimum Gasteiger partial charge on any atom is -0.508 e. The summed E-state index contributed by atoms with van der Waals surface area (Å²) in [5.74, 6) is 0.0775. The third-order valence-corrected chi connectivity index (χ3v) is 5.67. The lowest BCUT2D eigenvalue weighted by Crippen LogP contribution is -2.47. The SMILES string of the molecule is CC1CCCC(C)N1S(=O)(=O)c1ccc(O)cc1. The van der Waals surface area contributed by atoms with Crippen LogP contribution in [0.2, 0.25) is 0 Å². The molecule has 1 aromatic rings. The van der Waals surface area contributed by atoms with Crippen molar-refractivity contribution in [2.24, 2.45) is 0 Å². The molecule has 0 saturated carbocycles. The number of phenolic OH excluding ortho intramolecular Hbond substituents is 1. The van der Waals surface area contributed by atoms with Crippen molar-refractivity contribution in [3.8, 4) is 5.75 Å². The molecule has 0 spiro atoms. The zero-order valence-corrected chi connectivity index (χ0v) is 11.5. The average Bonchev–Trinajstić information content (AvgIpc) is 2.29. The van der Waals surface area contributed by atoms with Crippen LogP contribution in [0.1, 0.15) is 33.1 Å². The molecule has 1 aliphatic rings. The van der Waals surface area contributed by atoms with Crippen molar-refractivity contribution in [2.75, 3.05) is 0 Å². The number of nitrogens with zero attached hydrogens (tertiary/aromatic N) is 1. The number of hydrogen-bond donors (Lipinski definition) is 1. The molecule has 1 saturated heterocycles. The van der Waals surface area contributed by atoms with Gasteiger partial charge in [-0.3, -0.25) is 0 Å². The lowest BCUT2D eigenvalue weighted by Gasteiger charge is -2.37. The molecule has 4 nitrogen and oxygen atoms in total. The number of hydrogen-bond acceptors (Lipinski definition) is 3. The number of piperidine rings is 1. The normalized spacial score (nSPS) is 26.1. The third kappa shape index (κ3) is 2.37. The van der Waals surface area contributed by atoms with E-state index in [0.29, 0.717) is 0 Å². The van der Waals surface area contributed by atoms with E-state index in [1.54, 1.807) is 4.31 Å². The quantitative estimate of drug-likeness (QED) is 0.896. The highest BCUT2D eigenvalue weighted by molar-refractivity contribution is 7.89. The van der Waals surface area contributed by atoms with Gasteiger partial charge in [0.2, 0.25) is 10.0 Å². The Kier molecular flexibility index (Phi) is 3.64. The number of sulfonamides is 1. The second-order valence-corrected chi connectivity index (χ2v) is 6.80. The molecule has 1 fully saturated rings. The van der Waals surface area contributed by atoms with Crippen LogP contribution >= 0.6 is 0 Å². The molecular weight excluding hydrogens is 250 g/mol. The van der Waals surface area contributed by atoms with Gasteiger partial charge >= 0.3 is 0 Å². The molecule has 18 heavy (non-hydrogen) atoms. The second-order valence-electron chi connectivity index (χ2n) is 4.96. The van der Waals surface area contributed by atoms with Crippen LogP contribution in [-0.4, -0.2) is 29.9 Å². The van der Waals surface area contributed by atoms with E-state index < -0.39 is 10.0 Å². The minimum absolute atomic E-state index is 0.0348. The van der Waals surface area contributed by atoms with E-state index in [0.717, 1.165) is 19.3 Å². The van der Waals surface area contributed by atoms with Gasteiger partial charge in [0.05, 0.1) is 4.90 Å². The fraction of sp³-hybridized carbons (Fsp3) is 0.538. The van der Waals surface area contributed by atoms with Gasteiger partial charge in [0.25, 0.3) is 0 Å². The van der Waals surface area contributed by atoms with Gasteiger partial charge in [0.1, 0.15) is 5.75 Å². The topological polar surface area (TPSA) is 57.6 Å².